The van der Waals surface area contributed by atoms with Crippen LogP contribution in [0.5, 0.6) is 0 Å². The van der Waals surface area contributed by atoms with Crippen molar-refractivity contribution >= 4 is 5.91 Å². The van der Waals surface area contributed by atoms with Crippen LogP contribution >= 0.6 is 0 Å². The second-order valence-electron chi connectivity index (χ2n) is 4.60. The molecule has 0 spiro atoms. The Bertz CT molecular complexity index is 203. The van der Waals surface area contributed by atoms with Crippen LogP contribution in [0.2, 0.25) is 0 Å². The van der Waals surface area contributed by atoms with Gasteiger partial charge in [0, 0.05) is 0 Å². The first-order valence-electron chi connectivity index (χ1n) is 5.14. The van der Waals surface area contributed by atoms with Gasteiger partial charge in [0.05, 0.1) is 24.8 Å². The molecule has 0 saturated carbocycles. The highest BCUT2D eigenvalue weighted by Crippen LogP contribution is 2.06. The molecular formula is C10H22N2O3. The van der Waals surface area contributed by atoms with E-state index in [9.17, 15) is 4.79 Å². The average Bonchev–Trinajstić information content (AvgIpc) is 2.16. The van der Waals surface area contributed by atoms with E-state index in [0.29, 0.717) is 12.3 Å². The fourth-order valence-corrected chi connectivity index (χ4v) is 1.13. The normalized spacial score (nSPS) is 14.1. The zero-order chi connectivity index (χ0) is 12.1. The van der Waals surface area contributed by atoms with Crippen molar-refractivity contribution < 1.29 is 15.0 Å². The maximum absolute atomic E-state index is 11.6. The second-order valence-corrected chi connectivity index (χ2v) is 4.60. The van der Waals surface area contributed by atoms with Crippen molar-refractivity contribution in [2.45, 2.75) is 38.8 Å². The number of hydrogen-bond acceptors (Lipinski definition) is 4. The minimum atomic E-state index is -0.994. The molecule has 0 aromatic carbocycles. The van der Waals surface area contributed by atoms with Crippen molar-refractivity contribution in [1.29, 1.82) is 0 Å². The van der Waals surface area contributed by atoms with Crippen molar-refractivity contribution in [2.24, 2.45) is 11.7 Å². The van der Waals surface area contributed by atoms with Crippen LogP contribution < -0.4 is 11.1 Å². The largest absolute Gasteiger partial charge is 0.394 e. The Balaban J connectivity index is 4.22. The minimum absolute atomic E-state index is 0.316. The first kappa shape index (κ1) is 14.3. The van der Waals surface area contributed by atoms with Gasteiger partial charge in [0.25, 0.3) is 0 Å². The predicted octanol–water partition coefficient (Wildman–Crippen LogP) is -0.781. The molecule has 5 heteroatoms. The van der Waals surface area contributed by atoms with E-state index in [1.54, 1.807) is 6.92 Å². The van der Waals surface area contributed by atoms with Crippen LogP contribution in [-0.2, 0) is 4.79 Å². The van der Waals surface area contributed by atoms with Gasteiger partial charge in [-0.05, 0) is 19.3 Å². The molecular weight excluding hydrogens is 196 g/mol. The molecule has 0 aliphatic heterocycles. The van der Waals surface area contributed by atoms with Crippen LogP contribution in [0.1, 0.15) is 27.2 Å². The monoisotopic (exact) mass is 218 g/mol. The molecule has 5 N–H and O–H groups in total. The smallest absolute Gasteiger partial charge is 0.237 e. The van der Waals surface area contributed by atoms with E-state index in [4.69, 9.17) is 15.9 Å². The van der Waals surface area contributed by atoms with Crippen LogP contribution in [0.4, 0.5) is 0 Å². The van der Waals surface area contributed by atoms with E-state index >= 15 is 0 Å². The summed E-state index contributed by atoms with van der Waals surface area (Å²) >= 11 is 0. The number of aliphatic hydroxyl groups is 2. The molecule has 15 heavy (non-hydrogen) atoms. The van der Waals surface area contributed by atoms with Crippen LogP contribution in [0.25, 0.3) is 0 Å². The molecule has 0 fully saturated rings. The van der Waals surface area contributed by atoms with Gasteiger partial charge in [-0.2, -0.15) is 0 Å². The van der Waals surface area contributed by atoms with Crippen molar-refractivity contribution in [3.05, 3.63) is 0 Å². The Hall–Kier alpha value is -0.650. The van der Waals surface area contributed by atoms with Gasteiger partial charge < -0.3 is 21.3 Å². The topological polar surface area (TPSA) is 95.6 Å². The van der Waals surface area contributed by atoms with E-state index in [2.05, 4.69) is 5.32 Å². The van der Waals surface area contributed by atoms with Crippen LogP contribution in [0.3, 0.4) is 0 Å². The lowest BCUT2D eigenvalue weighted by molar-refractivity contribution is -0.125. The molecule has 0 saturated heterocycles. The van der Waals surface area contributed by atoms with Gasteiger partial charge >= 0.3 is 0 Å². The summed E-state index contributed by atoms with van der Waals surface area (Å²) in [5, 5.41) is 20.5. The molecule has 0 bridgehead atoms. The van der Waals surface area contributed by atoms with E-state index in [1.165, 1.54) is 0 Å². The standard InChI is InChI=1S/C10H22N2O3/c1-7(2)4-8(11)9(15)12-10(3,5-13)6-14/h7-8,13-14H,4-6,11H2,1-3H3,(H,12,15)/t8-/m0/s1. The number of amides is 1. The number of nitrogens with two attached hydrogens (primary N) is 1. The van der Waals surface area contributed by atoms with Gasteiger partial charge in [-0.25, -0.2) is 0 Å². The third-order valence-corrected chi connectivity index (χ3v) is 2.19. The summed E-state index contributed by atoms with van der Waals surface area (Å²) in [4.78, 5) is 11.6. The molecule has 0 unspecified atom stereocenters. The van der Waals surface area contributed by atoms with E-state index in [1.807, 2.05) is 13.8 Å². The predicted molar refractivity (Wildman–Crippen MR) is 58.1 cm³/mol. The van der Waals surface area contributed by atoms with Crippen molar-refractivity contribution in [3.63, 3.8) is 0 Å². The second kappa shape index (κ2) is 6.05. The fraction of sp³-hybridized carbons (Fsp3) is 0.900. The van der Waals surface area contributed by atoms with Gasteiger partial charge in [-0.3, -0.25) is 4.79 Å². The maximum Gasteiger partial charge on any atom is 0.237 e. The summed E-state index contributed by atoms with van der Waals surface area (Å²) in [6.07, 6.45) is 0.582. The highest BCUT2D eigenvalue weighted by Gasteiger charge is 2.27. The Kier molecular flexibility index (Phi) is 5.79. The lowest BCUT2D eigenvalue weighted by Crippen LogP contribution is -2.56. The van der Waals surface area contributed by atoms with Crippen molar-refractivity contribution in [1.82, 2.24) is 5.32 Å². The quantitative estimate of drug-likeness (QED) is 0.470. The number of aliphatic hydroxyl groups excluding tert-OH is 2. The summed E-state index contributed by atoms with van der Waals surface area (Å²) in [7, 11) is 0. The Morgan fingerprint density at radius 2 is 1.87 bits per heavy atom. The lowest BCUT2D eigenvalue weighted by atomic mass is 10.0. The average molecular weight is 218 g/mol. The zero-order valence-corrected chi connectivity index (χ0v) is 9.66. The number of hydrogen-bond donors (Lipinski definition) is 4. The number of carbonyl (C=O) groups is 1. The summed E-state index contributed by atoms with van der Waals surface area (Å²) in [6.45, 7) is 4.88. The third kappa shape index (κ3) is 5.11. The van der Waals surface area contributed by atoms with Crippen LogP contribution in [0.15, 0.2) is 0 Å². The fourth-order valence-electron chi connectivity index (χ4n) is 1.13. The van der Waals surface area contributed by atoms with Gasteiger partial charge in [-0.15, -0.1) is 0 Å². The summed E-state index contributed by atoms with van der Waals surface area (Å²) in [5.41, 5.74) is 4.67. The molecule has 0 aromatic heterocycles. The molecule has 0 aromatic rings. The molecule has 0 rings (SSSR count). The molecule has 0 radical (unpaired) electrons. The van der Waals surface area contributed by atoms with Gasteiger partial charge in [0.15, 0.2) is 0 Å². The van der Waals surface area contributed by atoms with Crippen molar-refractivity contribution in [3.8, 4) is 0 Å². The molecule has 1 amide bonds. The molecule has 0 heterocycles. The maximum atomic E-state index is 11.6. The zero-order valence-electron chi connectivity index (χ0n) is 9.66. The first-order valence-corrected chi connectivity index (χ1v) is 5.14. The SMILES string of the molecule is CC(C)C[C@H](N)C(=O)NC(C)(CO)CO. The van der Waals surface area contributed by atoms with Crippen LogP contribution in [0, 0.1) is 5.92 Å². The molecule has 0 aliphatic rings. The molecule has 90 valence electrons. The number of carbonyl (C=O) groups excluding carboxylic acids is 1. The highest BCUT2D eigenvalue weighted by atomic mass is 16.3. The summed E-state index contributed by atoms with van der Waals surface area (Å²) < 4.78 is 0. The molecule has 1 atom stereocenters. The third-order valence-electron chi connectivity index (χ3n) is 2.19. The highest BCUT2D eigenvalue weighted by molar-refractivity contribution is 5.82. The van der Waals surface area contributed by atoms with Crippen LogP contribution in [-0.4, -0.2) is 40.9 Å². The Labute approximate surface area is 90.7 Å². The Morgan fingerprint density at radius 3 is 2.20 bits per heavy atom. The molecule has 0 aliphatic carbocycles. The first-order chi connectivity index (χ1) is 6.84. The van der Waals surface area contributed by atoms with E-state index in [-0.39, 0.29) is 19.1 Å². The number of nitrogens with one attached hydrogen (secondary N) is 1. The lowest BCUT2D eigenvalue weighted by Gasteiger charge is -2.28. The minimum Gasteiger partial charge on any atom is -0.394 e. The Morgan fingerprint density at radius 1 is 1.40 bits per heavy atom. The summed E-state index contributed by atoms with van der Waals surface area (Å²) in [6, 6.07) is -0.595. The van der Waals surface area contributed by atoms with Gasteiger partial charge in [0.1, 0.15) is 0 Å². The summed E-state index contributed by atoms with van der Waals surface area (Å²) in [5.74, 6) is -0.00504. The van der Waals surface area contributed by atoms with E-state index in [0.717, 1.165) is 0 Å². The van der Waals surface area contributed by atoms with Gasteiger partial charge in [0.2, 0.25) is 5.91 Å². The number of rotatable bonds is 6. The van der Waals surface area contributed by atoms with Gasteiger partial charge in [-0.1, -0.05) is 13.8 Å². The van der Waals surface area contributed by atoms with E-state index < -0.39 is 11.6 Å². The molecule has 5 nitrogen and oxygen atoms in total. The van der Waals surface area contributed by atoms with Crippen molar-refractivity contribution in [2.75, 3.05) is 13.2 Å².